The van der Waals surface area contributed by atoms with Crippen molar-refractivity contribution in [2.24, 2.45) is 23.5 Å². The first-order chi connectivity index (χ1) is 11.7. The molecular formula is C19H37N3O3. The van der Waals surface area contributed by atoms with E-state index in [1.807, 2.05) is 18.7 Å². The first-order valence-electron chi connectivity index (χ1n) is 9.71. The molecule has 6 nitrogen and oxygen atoms in total. The minimum absolute atomic E-state index is 0.0291. The van der Waals surface area contributed by atoms with E-state index in [0.29, 0.717) is 31.8 Å². The summed E-state index contributed by atoms with van der Waals surface area (Å²) < 4.78 is 0. The molecule has 0 aromatic carbocycles. The van der Waals surface area contributed by atoms with Crippen LogP contribution in [0.3, 0.4) is 0 Å². The summed E-state index contributed by atoms with van der Waals surface area (Å²) in [7, 11) is 0. The van der Waals surface area contributed by atoms with Crippen molar-refractivity contribution in [1.82, 2.24) is 10.2 Å². The molecule has 0 aromatic heterocycles. The van der Waals surface area contributed by atoms with Crippen LogP contribution in [0.2, 0.25) is 0 Å². The lowest BCUT2D eigenvalue weighted by molar-refractivity contribution is -0.127. The van der Waals surface area contributed by atoms with Crippen LogP contribution >= 0.6 is 0 Å². The zero-order valence-electron chi connectivity index (χ0n) is 16.3. The predicted molar refractivity (Wildman–Crippen MR) is 99.8 cm³/mol. The molecule has 6 heteroatoms. The second-order valence-corrected chi connectivity index (χ2v) is 8.08. The topological polar surface area (TPSA) is 95.7 Å². The number of rotatable bonds is 11. The van der Waals surface area contributed by atoms with Gasteiger partial charge < -0.3 is 21.1 Å². The summed E-state index contributed by atoms with van der Waals surface area (Å²) in [6.45, 7) is 10.2. The maximum Gasteiger partial charge on any atom is 0.223 e. The average Bonchev–Trinajstić information content (AvgIpc) is 2.92. The zero-order chi connectivity index (χ0) is 19.0. The highest BCUT2D eigenvalue weighted by molar-refractivity contribution is 5.79. The number of carbonyl (C=O) groups is 2. The van der Waals surface area contributed by atoms with Gasteiger partial charge in [-0.2, -0.15) is 0 Å². The standard InChI is InChI=1S/C19H37N3O3/c1-13(2)11-16(20)17(23)12-15(14(3)4)19(25)21-8-6-10-22-9-5-7-18(22)24/h13-17,23H,5-12,20H2,1-4H3,(H,21,25)/t15-,16-,17-/m0/s1. The summed E-state index contributed by atoms with van der Waals surface area (Å²) in [5.41, 5.74) is 6.05. The van der Waals surface area contributed by atoms with Gasteiger partial charge in [-0.1, -0.05) is 27.7 Å². The molecule has 0 aromatic rings. The molecule has 1 aliphatic rings. The Morgan fingerprint density at radius 1 is 1.28 bits per heavy atom. The summed E-state index contributed by atoms with van der Waals surface area (Å²) in [6, 6.07) is -0.296. The van der Waals surface area contributed by atoms with E-state index in [1.54, 1.807) is 0 Å². The summed E-state index contributed by atoms with van der Waals surface area (Å²) in [5.74, 6) is 0.499. The number of hydrogen-bond acceptors (Lipinski definition) is 4. The normalized spacial score (nSPS) is 18.7. The Labute approximate surface area is 152 Å². The van der Waals surface area contributed by atoms with Gasteiger partial charge in [0.15, 0.2) is 0 Å². The fourth-order valence-corrected chi connectivity index (χ4v) is 3.37. The molecule has 1 heterocycles. The van der Waals surface area contributed by atoms with Crippen LogP contribution in [0.5, 0.6) is 0 Å². The quantitative estimate of drug-likeness (QED) is 0.490. The van der Waals surface area contributed by atoms with Gasteiger partial charge in [0.1, 0.15) is 0 Å². The van der Waals surface area contributed by atoms with Crippen molar-refractivity contribution in [3.05, 3.63) is 0 Å². The van der Waals surface area contributed by atoms with Crippen LogP contribution in [-0.4, -0.2) is 53.6 Å². The SMILES string of the molecule is CC(C)C[C@H](N)[C@@H](O)C[C@H](C(=O)NCCCN1CCCC1=O)C(C)C. The van der Waals surface area contributed by atoms with Crippen molar-refractivity contribution in [1.29, 1.82) is 0 Å². The first-order valence-corrected chi connectivity index (χ1v) is 9.71. The number of nitrogens with two attached hydrogens (primary N) is 1. The van der Waals surface area contributed by atoms with Crippen molar-refractivity contribution in [3.8, 4) is 0 Å². The molecule has 1 saturated heterocycles. The van der Waals surface area contributed by atoms with Crippen molar-refractivity contribution < 1.29 is 14.7 Å². The first kappa shape index (κ1) is 21.9. The Morgan fingerprint density at radius 3 is 2.48 bits per heavy atom. The van der Waals surface area contributed by atoms with Gasteiger partial charge in [-0.15, -0.1) is 0 Å². The predicted octanol–water partition coefficient (Wildman–Crippen LogP) is 1.51. The van der Waals surface area contributed by atoms with Crippen LogP contribution in [0.4, 0.5) is 0 Å². The van der Waals surface area contributed by atoms with Crippen LogP contribution in [0.1, 0.15) is 59.8 Å². The highest BCUT2D eigenvalue weighted by atomic mass is 16.3. The molecule has 4 N–H and O–H groups in total. The second kappa shape index (κ2) is 10.8. The Kier molecular flexibility index (Phi) is 9.43. The third kappa shape index (κ3) is 7.74. The molecule has 1 fully saturated rings. The van der Waals surface area contributed by atoms with Gasteiger partial charge in [-0.05, 0) is 37.5 Å². The third-order valence-electron chi connectivity index (χ3n) is 4.95. The highest BCUT2D eigenvalue weighted by Crippen LogP contribution is 2.20. The fourth-order valence-electron chi connectivity index (χ4n) is 3.37. The van der Waals surface area contributed by atoms with Gasteiger partial charge in [0, 0.05) is 38.0 Å². The number of nitrogens with one attached hydrogen (secondary N) is 1. The molecule has 146 valence electrons. The minimum Gasteiger partial charge on any atom is -0.391 e. The van der Waals surface area contributed by atoms with Crippen molar-refractivity contribution in [2.75, 3.05) is 19.6 Å². The molecule has 25 heavy (non-hydrogen) atoms. The van der Waals surface area contributed by atoms with E-state index in [2.05, 4.69) is 19.2 Å². The van der Waals surface area contributed by atoms with Crippen molar-refractivity contribution in [2.45, 2.75) is 71.9 Å². The van der Waals surface area contributed by atoms with Crippen LogP contribution < -0.4 is 11.1 Å². The Morgan fingerprint density at radius 2 is 1.96 bits per heavy atom. The fraction of sp³-hybridized carbons (Fsp3) is 0.895. The molecule has 0 bridgehead atoms. The lowest BCUT2D eigenvalue weighted by Gasteiger charge is -2.27. The van der Waals surface area contributed by atoms with Gasteiger partial charge in [-0.25, -0.2) is 0 Å². The highest BCUT2D eigenvalue weighted by Gasteiger charge is 2.28. The van der Waals surface area contributed by atoms with E-state index < -0.39 is 6.10 Å². The minimum atomic E-state index is -0.664. The smallest absolute Gasteiger partial charge is 0.223 e. The molecule has 3 atom stereocenters. The number of amides is 2. The lowest BCUT2D eigenvalue weighted by Crippen LogP contribution is -2.42. The van der Waals surface area contributed by atoms with Gasteiger partial charge in [0.05, 0.1) is 6.10 Å². The molecule has 2 amide bonds. The van der Waals surface area contributed by atoms with E-state index in [4.69, 9.17) is 5.73 Å². The molecule has 0 radical (unpaired) electrons. The second-order valence-electron chi connectivity index (χ2n) is 8.08. The number of likely N-dealkylation sites (tertiary alicyclic amines) is 1. The number of carbonyl (C=O) groups excluding carboxylic acids is 2. The molecule has 0 spiro atoms. The van der Waals surface area contributed by atoms with Crippen LogP contribution in [-0.2, 0) is 9.59 Å². The molecule has 0 aliphatic carbocycles. The molecule has 0 unspecified atom stereocenters. The monoisotopic (exact) mass is 355 g/mol. The van der Waals surface area contributed by atoms with E-state index in [0.717, 1.165) is 25.8 Å². The van der Waals surface area contributed by atoms with Gasteiger partial charge in [0.2, 0.25) is 11.8 Å². The van der Waals surface area contributed by atoms with E-state index in [-0.39, 0.29) is 29.7 Å². The van der Waals surface area contributed by atoms with Crippen LogP contribution in [0.15, 0.2) is 0 Å². The number of aliphatic hydroxyl groups excluding tert-OH is 1. The summed E-state index contributed by atoms with van der Waals surface area (Å²) in [5, 5.41) is 13.3. The van der Waals surface area contributed by atoms with Gasteiger partial charge in [0.25, 0.3) is 0 Å². The average molecular weight is 356 g/mol. The number of aliphatic hydroxyl groups is 1. The Balaban J connectivity index is 2.38. The molecule has 1 rings (SSSR count). The summed E-state index contributed by atoms with van der Waals surface area (Å²) >= 11 is 0. The van der Waals surface area contributed by atoms with Crippen molar-refractivity contribution >= 4 is 11.8 Å². The summed E-state index contributed by atoms with van der Waals surface area (Å²) in [6.07, 6.45) is 2.82. The number of nitrogens with zero attached hydrogens (tertiary/aromatic N) is 1. The Hall–Kier alpha value is -1.14. The van der Waals surface area contributed by atoms with Crippen molar-refractivity contribution in [3.63, 3.8) is 0 Å². The van der Waals surface area contributed by atoms with E-state index >= 15 is 0 Å². The molecular weight excluding hydrogens is 318 g/mol. The Bertz CT molecular complexity index is 426. The maximum atomic E-state index is 12.5. The van der Waals surface area contributed by atoms with Gasteiger partial charge in [-0.3, -0.25) is 9.59 Å². The summed E-state index contributed by atoms with van der Waals surface area (Å²) in [4.78, 5) is 25.9. The van der Waals surface area contributed by atoms with Crippen LogP contribution in [0.25, 0.3) is 0 Å². The number of hydrogen-bond donors (Lipinski definition) is 3. The largest absolute Gasteiger partial charge is 0.391 e. The van der Waals surface area contributed by atoms with Gasteiger partial charge >= 0.3 is 0 Å². The molecule has 1 aliphatic heterocycles. The maximum absolute atomic E-state index is 12.5. The lowest BCUT2D eigenvalue weighted by atomic mass is 9.86. The molecule has 0 saturated carbocycles. The van der Waals surface area contributed by atoms with Crippen LogP contribution in [0, 0.1) is 17.8 Å². The third-order valence-corrected chi connectivity index (χ3v) is 4.95. The van der Waals surface area contributed by atoms with E-state index in [1.165, 1.54) is 0 Å². The van der Waals surface area contributed by atoms with E-state index in [9.17, 15) is 14.7 Å². The zero-order valence-corrected chi connectivity index (χ0v) is 16.3.